The molecule has 0 radical (unpaired) electrons. The van der Waals surface area contributed by atoms with Gasteiger partial charge < -0.3 is 14.9 Å². The Hall–Kier alpha value is -3.26. The van der Waals surface area contributed by atoms with E-state index in [1.54, 1.807) is 43.9 Å². The normalized spacial score (nSPS) is 12.5. The average Bonchev–Trinajstić information content (AvgIpc) is 3.26. The lowest BCUT2D eigenvalue weighted by molar-refractivity contribution is -0.116. The van der Waals surface area contributed by atoms with Crippen LogP contribution in [0.2, 0.25) is 5.02 Å². The summed E-state index contributed by atoms with van der Waals surface area (Å²) in [5, 5.41) is 4.09. The van der Waals surface area contributed by atoms with Crippen molar-refractivity contribution in [2.75, 3.05) is 7.05 Å². The summed E-state index contributed by atoms with van der Waals surface area (Å²) in [6.45, 7) is 3.41. The topological polar surface area (TPSA) is 88.5 Å². The molecule has 4 aromatic rings. The van der Waals surface area contributed by atoms with Gasteiger partial charge in [0.15, 0.2) is 17.3 Å². The van der Waals surface area contributed by atoms with Gasteiger partial charge in [0.1, 0.15) is 5.65 Å². The molecule has 142 valence electrons. The second-order valence-corrected chi connectivity index (χ2v) is 6.76. The Morgan fingerprint density at radius 3 is 2.79 bits per heavy atom. The van der Waals surface area contributed by atoms with Crippen molar-refractivity contribution in [3.63, 3.8) is 0 Å². The Morgan fingerprint density at radius 2 is 2.04 bits per heavy atom. The predicted molar refractivity (Wildman–Crippen MR) is 106 cm³/mol. The molecule has 0 aliphatic rings. The van der Waals surface area contributed by atoms with Crippen LogP contribution in [0.3, 0.4) is 0 Å². The van der Waals surface area contributed by atoms with E-state index in [2.05, 4.69) is 25.3 Å². The minimum atomic E-state index is -0.464. The number of nitrogens with zero attached hydrogens (tertiary/aromatic N) is 4. The molecule has 4 heterocycles. The maximum atomic E-state index is 14.4. The van der Waals surface area contributed by atoms with E-state index in [1.807, 2.05) is 0 Å². The maximum Gasteiger partial charge on any atom is 0.248 e. The fourth-order valence-electron chi connectivity index (χ4n) is 3.05. The number of hydrogen-bond acceptors (Lipinski definition) is 4. The van der Waals surface area contributed by atoms with Crippen molar-refractivity contribution < 1.29 is 9.18 Å². The number of hydrogen-bond donors (Lipinski definition) is 2. The van der Waals surface area contributed by atoms with Crippen LogP contribution in [0.4, 0.5) is 4.39 Å². The van der Waals surface area contributed by atoms with Crippen LogP contribution in [0.5, 0.6) is 0 Å². The summed E-state index contributed by atoms with van der Waals surface area (Å²) in [6, 6.07) is 1.77. The summed E-state index contributed by atoms with van der Waals surface area (Å²) >= 11 is 6.06. The number of carbonyl (C=O) groups is 1. The number of allylic oxidation sites excluding steroid dienone is 1. The van der Waals surface area contributed by atoms with Crippen molar-refractivity contribution in [2.24, 2.45) is 0 Å². The Kier molecular flexibility index (Phi) is 4.35. The van der Waals surface area contributed by atoms with Gasteiger partial charge >= 0.3 is 0 Å². The van der Waals surface area contributed by atoms with Gasteiger partial charge in [-0.25, -0.2) is 19.3 Å². The standard InChI is InChI=1S/C19H16ClFN6O/c1-9(19(28)22-3)10(2)27-8-15(21)14-7-25-17(26-18(14)27)13-6-24-16-12(13)4-11(20)5-23-16/h4-8H,1-3H3,(H,22,28)(H,23,24)/b10-9-. The molecule has 0 bridgehead atoms. The molecule has 0 aliphatic heterocycles. The lowest BCUT2D eigenvalue weighted by atomic mass is 10.2. The van der Waals surface area contributed by atoms with Crippen LogP contribution in [-0.4, -0.2) is 37.5 Å². The Labute approximate surface area is 164 Å². The van der Waals surface area contributed by atoms with Gasteiger partial charge in [-0.15, -0.1) is 0 Å². The number of aromatic nitrogens is 5. The van der Waals surface area contributed by atoms with E-state index >= 15 is 0 Å². The van der Waals surface area contributed by atoms with Crippen LogP contribution in [0.25, 0.3) is 39.2 Å². The smallest absolute Gasteiger partial charge is 0.248 e. The summed E-state index contributed by atoms with van der Waals surface area (Å²) < 4.78 is 16.0. The van der Waals surface area contributed by atoms with Crippen LogP contribution in [0, 0.1) is 5.82 Å². The maximum absolute atomic E-state index is 14.4. The van der Waals surface area contributed by atoms with Crippen LogP contribution < -0.4 is 5.32 Å². The van der Waals surface area contributed by atoms with Crippen molar-refractivity contribution in [3.8, 4) is 11.4 Å². The van der Waals surface area contributed by atoms with Crippen molar-refractivity contribution in [1.82, 2.24) is 29.8 Å². The van der Waals surface area contributed by atoms with Crippen LogP contribution in [0.1, 0.15) is 13.8 Å². The molecule has 7 nitrogen and oxygen atoms in total. The fourth-order valence-corrected chi connectivity index (χ4v) is 3.21. The van der Waals surface area contributed by atoms with Crippen LogP contribution in [-0.2, 0) is 4.79 Å². The number of halogens is 2. The molecular formula is C19H16ClFN6O. The molecule has 0 aromatic carbocycles. The summed E-state index contributed by atoms with van der Waals surface area (Å²) in [5.74, 6) is -0.312. The van der Waals surface area contributed by atoms with E-state index in [0.29, 0.717) is 39.0 Å². The lowest BCUT2D eigenvalue weighted by Gasteiger charge is -2.09. The average molecular weight is 399 g/mol. The highest BCUT2D eigenvalue weighted by atomic mass is 35.5. The number of nitrogens with one attached hydrogen (secondary N) is 2. The van der Waals surface area contributed by atoms with Crippen molar-refractivity contribution in [1.29, 1.82) is 0 Å². The molecule has 0 saturated carbocycles. The Balaban J connectivity index is 1.94. The number of carbonyl (C=O) groups excluding carboxylic acids is 1. The third kappa shape index (κ3) is 2.82. The molecule has 0 aliphatic carbocycles. The first kappa shape index (κ1) is 18.1. The zero-order valence-corrected chi connectivity index (χ0v) is 16.1. The second-order valence-electron chi connectivity index (χ2n) is 6.32. The van der Waals surface area contributed by atoms with Gasteiger partial charge in [0.05, 0.1) is 10.4 Å². The number of amides is 1. The minimum Gasteiger partial charge on any atom is -0.355 e. The van der Waals surface area contributed by atoms with Gasteiger partial charge in [-0.3, -0.25) is 4.79 Å². The summed E-state index contributed by atoms with van der Waals surface area (Å²) in [5.41, 5.74) is 2.75. The highest BCUT2D eigenvalue weighted by Crippen LogP contribution is 2.30. The molecule has 2 N–H and O–H groups in total. The van der Waals surface area contributed by atoms with Gasteiger partial charge in [0.25, 0.3) is 0 Å². The molecule has 28 heavy (non-hydrogen) atoms. The molecule has 0 unspecified atom stereocenters. The summed E-state index contributed by atoms with van der Waals surface area (Å²) in [6.07, 6.45) is 6.02. The number of pyridine rings is 1. The number of rotatable bonds is 3. The molecule has 1 amide bonds. The van der Waals surface area contributed by atoms with E-state index in [0.717, 1.165) is 5.39 Å². The van der Waals surface area contributed by atoms with E-state index in [9.17, 15) is 9.18 Å². The summed E-state index contributed by atoms with van der Waals surface area (Å²) in [7, 11) is 1.55. The molecule has 0 fully saturated rings. The highest BCUT2D eigenvalue weighted by Gasteiger charge is 2.17. The fraction of sp³-hybridized carbons (Fsp3) is 0.158. The largest absolute Gasteiger partial charge is 0.355 e. The lowest BCUT2D eigenvalue weighted by Crippen LogP contribution is -2.20. The Morgan fingerprint density at radius 1 is 1.25 bits per heavy atom. The van der Waals surface area contributed by atoms with Gasteiger partial charge in [0, 0.05) is 54.1 Å². The zero-order valence-electron chi connectivity index (χ0n) is 15.3. The molecule has 0 spiro atoms. The van der Waals surface area contributed by atoms with Gasteiger partial charge in [0.2, 0.25) is 5.91 Å². The number of aromatic amines is 1. The number of H-pyrrole nitrogens is 1. The third-order valence-electron chi connectivity index (χ3n) is 4.71. The van der Waals surface area contributed by atoms with E-state index < -0.39 is 5.82 Å². The van der Waals surface area contributed by atoms with Crippen molar-refractivity contribution >= 4 is 45.3 Å². The van der Waals surface area contributed by atoms with Gasteiger partial charge in [-0.2, -0.15) is 0 Å². The monoisotopic (exact) mass is 398 g/mol. The SMILES string of the molecule is CNC(=O)/C(C)=C(/C)n1cc(F)c2cnc(-c3c[nH]c4ncc(Cl)cc34)nc21. The predicted octanol–water partition coefficient (Wildman–Crippen LogP) is 3.76. The first-order chi connectivity index (χ1) is 13.4. The number of likely N-dealkylation sites (N-methyl/N-ethyl adjacent to an activating group) is 1. The molecular weight excluding hydrogens is 383 g/mol. The Bertz CT molecular complexity index is 1270. The van der Waals surface area contributed by atoms with Crippen molar-refractivity contribution in [3.05, 3.63) is 47.3 Å². The van der Waals surface area contributed by atoms with Gasteiger partial charge in [-0.05, 0) is 19.9 Å². The van der Waals surface area contributed by atoms with Crippen LogP contribution in [0.15, 0.2) is 36.4 Å². The zero-order chi connectivity index (χ0) is 20.0. The van der Waals surface area contributed by atoms with E-state index in [-0.39, 0.29) is 11.3 Å². The minimum absolute atomic E-state index is 0.244. The quantitative estimate of drug-likeness (QED) is 0.514. The number of fused-ring (bicyclic) bond motifs is 2. The van der Waals surface area contributed by atoms with Gasteiger partial charge in [-0.1, -0.05) is 11.6 Å². The summed E-state index contributed by atoms with van der Waals surface area (Å²) in [4.78, 5) is 28.1. The first-order valence-electron chi connectivity index (χ1n) is 8.47. The molecule has 9 heteroatoms. The van der Waals surface area contributed by atoms with E-state index in [1.165, 1.54) is 12.4 Å². The molecule has 0 saturated heterocycles. The third-order valence-corrected chi connectivity index (χ3v) is 4.91. The van der Waals surface area contributed by atoms with Crippen LogP contribution >= 0.6 is 11.6 Å². The van der Waals surface area contributed by atoms with Crippen molar-refractivity contribution in [2.45, 2.75) is 13.8 Å². The van der Waals surface area contributed by atoms with E-state index in [4.69, 9.17) is 11.6 Å². The second kappa shape index (κ2) is 6.72. The highest BCUT2D eigenvalue weighted by molar-refractivity contribution is 6.31. The first-order valence-corrected chi connectivity index (χ1v) is 8.85. The molecule has 4 rings (SSSR count). The molecule has 0 atom stereocenters. The molecule has 4 aromatic heterocycles.